The molecule has 1 unspecified atom stereocenters. The molecule has 3 aliphatic rings. The number of anilines is 2. The molecule has 3 fully saturated rings. The largest absolute Gasteiger partial charge is 0.465 e. The summed E-state index contributed by atoms with van der Waals surface area (Å²) in [5.41, 5.74) is -1.54. The van der Waals surface area contributed by atoms with E-state index in [-0.39, 0.29) is 42.7 Å². The molecule has 0 aliphatic carbocycles. The van der Waals surface area contributed by atoms with E-state index >= 15 is 0 Å². The topological polar surface area (TPSA) is 148 Å². The number of carbonyl (C=O) groups is 3. The lowest BCUT2D eigenvalue weighted by atomic mass is 9.92. The van der Waals surface area contributed by atoms with Gasteiger partial charge in [-0.3, -0.25) is 14.5 Å². The summed E-state index contributed by atoms with van der Waals surface area (Å²) in [4.78, 5) is 47.6. The second-order valence-electron chi connectivity index (χ2n) is 12.3. The molecular formula is C33H34ClF3N6O6. The predicted molar refractivity (Wildman–Crippen MR) is 172 cm³/mol. The van der Waals surface area contributed by atoms with Crippen LogP contribution in [-0.4, -0.2) is 95.0 Å². The lowest BCUT2D eigenvalue weighted by molar-refractivity contribution is -0.149. The number of benzene rings is 2. The second-order valence-corrected chi connectivity index (χ2v) is 12.7. The minimum absolute atomic E-state index is 0.0354. The number of hydrogen-bond donors (Lipinski definition) is 4. The molecule has 12 nitrogen and oxygen atoms in total. The van der Waals surface area contributed by atoms with Crippen molar-refractivity contribution in [3.63, 3.8) is 0 Å². The molecule has 3 amide bonds. The van der Waals surface area contributed by atoms with Crippen molar-refractivity contribution < 1.29 is 42.5 Å². The second kappa shape index (κ2) is 14.2. The zero-order valence-electron chi connectivity index (χ0n) is 26.1. The van der Waals surface area contributed by atoms with Gasteiger partial charge in [0.25, 0.3) is 11.8 Å². The number of nitrogens with one attached hydrogen (secondary N) is 2. The maximum atomic E-state index is 14.5. The Hall–Kier alpha value is -4.44. The summed E-state index contributed by atoms with van der Waals surface area (Å²) in [5, 5.41) is 25.5. The number of hydrogen-bond acceptors (Lipinski definition) is 8. The van der Waals surface area contributed by atoms with Crippen LogP contribution >= 0.6 is 11.6 Å². The SMILES string of the molecule is O=C(O)N[C@H]1CC(N2CCN(c3ccc(N4CC[C@](O)(C(=O)NCc5cc(F)cc(Cl)c5)C4=O)cn3)CC2)CO[C@@H]1c1cc(F)ccc1F. The monoisotopic (exact) mass is 702 g/mol. The van der Waals surface area contributed by atoms with Crippen LogP contribution in [0.15, 0.2) is 54.7 Å². The highest BCUT2D eigenvalue weighted by atomic mass is 35.5. The van der Waals surface area contributed by atoms with E-state index < -0.39 is 53.1 Å². The van der Waals surface area contributed by atoms with Gasteiger partial charge in [-0.2, -0.15) is 0 Å². The van der Waals surface area contributed by atoms with Crippen molar-refractivity contribution in [2.75, 3.05) is 49.1 Å². The van der Waals surface area contributed by atoms with Crippen molar-refractivity contribution >= 4 is 41.0 Å². The highest BCUT2D eigenvalue weighted by Gasteiger charge is 2.51. The van der Waals surface area contributed by atoms with Crippen LogP contribution in [0.3, 0.4) is 0 Å². The number of nitrogens with zero attached hydrogens (tertiary/aromatic N) is 4. The molecule has 16 heteroatoms. The Balaban J connectivity index is 1.03. The van der Waals surface area contributed by atoms with Gasteiger partial charge in [0.15, 0.2) is 0 Å². The van der Waals surface area contributed by atoms with Crippen LogP contribution < -0.4 is 20.4 Å². The van der Waals surface area contributed by atoms with Gasteiger partial charge in [-0.25, -0.2) is 22.9 Å². The summed E-state index contributed by atoms with van der Waals surface area (Å²) in [5.74, 6) is -2.92. The van der Waals surface area contributed by atoms with E-state index in [1.54, 1.807) is 12.1 Å². The van der Waals surface area contributed by atoms with Crippen molar-refractivity contribution in [2.24, 2.45) is 0 Å². The molecule has 49 heavy (non-hydrogen) atoms. The first-order valence-corrected chi connectivity index (χ1v) is 16.1. The van der Waals surface area contributed by atoms with Gasteiger partial charge in [-0.15, -0.1) is 0 Å². The molecule has 4 heterocycles. The van der Waals surface area contributed by atoms with Crippen molar-refractivity contribution in [3.05, 3.63) is 88.3 Å². The highest BCUT2D eigenvalue weighted by Crippen LogP contribution is 2.34. The summed E-state index contributed by atoms with van der Waals surface area (Å²) >= 11 is 5.86. The molecule has 3 aromatic rings. The van der Waals surface area contributed by atoms with Crippen LogP contribution in [0.4, 0.5) is 29.5 Å². The molecule has 3 aliphatic heterocycles. The first kappa shape index (κ1) is 34.4. The van der Waals surface area contributed by atoms with Crippen LogP contribution in [0.25, 0.3) is 0 Å². The van der Waals surface area contributed by atoms with Gasteiger partial charge >= 0.3 is 6.09 Å². The van der Waals surface area contributed by atoms with Crippen molar-refractivity contribution in [1.29, 1.82) is 0 Å². The Bertz CT molecular complexity index is 1710. The Morgan fingerprint density at radius 2 is 1.80 bits per heavy atom. The molecule has 2 aromatic carbocycles. The average molecular weight is 703 g/mol. The van der Waals surface area contributed by atoms with Crippen molar-refractivity contribution in [2.45, 2.75) is 43.2 Å². The molecule has 4 atom stereocenters. The van der Waals surface area contributed by atoms with E-state index in [0.29, 0.717) is 49.7 Å². The number of pyridine rings is 1. The van der Waals surface area contributed by atoms with Crippen LogP contribution in [-0.2, 0) is 20.9 Å². The Labute approximate surface area is 284 Å². The van der Waals surface area contributed by atoms with Gasteiger partial charge in [0.05, 0.1) is 24.5 Å². The fourth-order valence-electron chi connectivity index (χ4n) is 6.65. The summed E-state index contributed by atoms with van der Waals surface area (Å²) in [6.07, 6.45) is -0.559. The number of rotatable bonds is 8. The predicted octanol–water partition coefficient (Wildman–Crippen LogP) is 3.22. The molecule has 3 saturated heterocycles. The van der Waals surface area contributed by atoms with Gasteiger partial charge in [0, 0.05) is 62.3 Å². The summed E-state index contributed by atoms with van der Waals surface area (Å²) in [6, 6.07) is 9.30. The van der Waals surface area contributed by atoms with E-state index in [4.69, 9.17) is 16.3 Å². The third-order valence-electron chi connectivity index (χ3n) is 9.18. The molecule has 0 bridgehead atoms. The summed E-state index contributed by atoms with van der Waals surface area (Å²) in [7, 11) is 0. The minimum atomic E-state index is -2.29. The van der Waals surface area contributed by atoms with Crippen molar-refractivity contribution in [1.82, 2.24) is 20.5 Å². The van der Waals surface area contributed by atoms with E-state index in [2.05, 4.69) is 25.4 Å². The number of piperazine rings is 1. The van der Waals surface area contributed by atoms with E-state index in [1.165, 1.54) is 23.2 Å². The lowest BCUT2D eigenvalue weighted by Crippen LogP contribution is -2.56. The van der Waals surface area contributed by atoms with Gasteiger partial charge in [-0.1, -0.05) is 11.6 Å². The van der Waals surface area contributed by atoms with Crippen LogP contribution in [0.5, 0.6) is 0 Å². The smallest absolute Gasteiger partial charge is 0.404 e. The molecule has 0 saturated carbocycles. The quantitative estimate of drug-likeness (QED) is 0.260. The fraction of sp³-hybridized carbons (Fsp3) is 0.394. The zero-order valence-corrected chi connectivity index (χ0v) is 26.9. The normalized spacial score (nSPS) is 24.6. The first-order valence-electron chi connectivity index (χ1n) is 15.7. The zero-order chi connectivity index (χ0) is 34.9. The van der Waals surface area contributed by atoms with E-state index in [0.717, 1.165) is 24.3 Å². The number of carbonyl (C=O) groups excluding carboxylic acids is 2. The lowest BCUT2D eigenvalue weighted by Gasteiger charge is -2.44. The molecular weight excluding hydrogens is 669 g/mol. The van der Waals surface area contributed by atoms with Gasteiger partial charge in [0.1, 0.15) is 29.4 Å². The van der Waals surface area contributed by atoms with Crippen LogP contribution in [0.1, 0.15) is 30.1 Å². The van der Waals surface area contributed by atoms with Gasteiger partial charge in [0.2, 0.25) is 5.60 Å². The molecule has 0 spiro atoms. The third kappa shape index (κ3) is 7.44. The standard InChI is InChI=1S/C33H34ClF3N6O6/c34-20-11-19(12-22(36)13-20)16-39-30(44)33(48)5-6-43(31(33)45)23-2-4-28(38-17-23)42-9-7-41(8-10-42)24-15-27(40-32(46)47)29(49-18-24)25-14-21(35)1-3-26(25)37/h1-4,11-14,17,24,27,29,40,48H,5-10,15-16,18H2,(H,39,44)(H,46,47)/t24?,27-,29+,33-/m0/s1. The number of ether oxygens (including phenoxy) is 1. The molecule has 6 rings (SSSR count). The van der Waals surface area contributed by atoms with E-state index in [1.807, 2.05) is 0 Å². The minimum Gasteiger partial charge on any atom is -0.465 e. The molecule has 1 aromatic heterocycles. The first-order chi connectivity index (χ1) is 23.4. The summed E-state index contributed by atoms with van der Waals surface area (Å²) < 4.78 is 48.0. The van der Waals surface area contributed by atoms with Gasteiger partial charge < -0.3 is 35.4 Å². The average Bonchev–Trinajstić information content (AvgIpc) is 3.38. The van der Waals surface area contributed by atoms with E-state index in [9.17, 15) is 37.8 Å². The molecule has 0 radical (unpaired) electrons. The fourth-order valence-corrected chi connectivity index (χ4v) is 6.89. The Morgan fingerprint density at radius 3 is 2.49 bits per heavy atom. The molecule has 4 N–H and O–H groups in total. The number of carboxylic acid groups (broad SMARTS) is 1. The maximum absolute atomic E-state index is 14.5. The highest BCUT2D eigenvalue weighted by molar-refractivity contribution is 6.30. The maximum Gasteiger partial charge on any atom is 0.404 e. The van der Waals surface area contributed by atoms with Crippen LogP contribution in [0, 0.1) is 17.5 Å². The Morgan fingerprint density at radius 1 is 1.02 bits per heavy atom. The van der Waals surface area contributed by atoms with Crippen LogP contribution in [0.2, 0.25) is 5.02 Å². The summed E-state index contributed by atoms with van der Waals surface area (Å²) in [6.45, 7) is 2.54. The number of aliphatic hydroxyl groups is 1. The molecule has 260 valence electrons. The Kier molecular flexibility index (Phi) is 9.97. The third-order valence-corrected chi connectivity index (χ3v) is 9.40. The van der Waals surface area contributed by atoms with Crippen molar-refractivity contribution in [3.8, 4) is 0 Å². The van der Waals surface area contributed by atoms with Gasteiger partial charge in [-0.05, 0) is 60.5 Å². The number of amides is 3. The number of halogens is 4. The number of aromatic nitrogens is 1.